The highest BCUT2D eigenvalue weighted by molar-refractivity contribution is 6.07. The lowest BCUT2D eigenvalue weighted by atomic mass is 10.0. The van der Waals surface area contributed by atoms with Gasteiger partial charge in [-0.05, 0) is 31.5 Å². The fraction of sp³-hybridized carbons (Fsp3) is 0.444. The number of hydrogen-bond donors (Lipinski definition) is 2. The number of rotatable bonds is 2. The maximum Gasteiger partial charge on any atom is 0.326 e. The molecule has 1 aromatic carbocycles. The molecule has 1 fully saturated rings. The third-order valence-corrected chi connectivity index (χ3v) is 5.23. The summed E-state index contributed by atoms with van der Waals surface area (Å²) < 4.78 is 0. The molecular weight excluding hydrogens is 306 g/mol. The highest BCUT2D eigenvalue weighted by Crippen LogP contribution is 2.31. The van der Waals surface area contributed by atoms with Crippen LogP contribution in [0.2, 0.25) is 0 Å². The zero-order chi connectivity index (χ0) is 16.8. The molecule has 1 unspecified atom stereocenters. The molecule has 3 heterocycles. The van der Waals surface area contributed by atoms with Crippen molar-refractivity contribution in [1.29, 1.82) is 0 Å². The van der Waals surface area contributed by atoms with Crippen LogP contribution in [0.15, 0.2) is 18.2 Å². The molecule has 4 rings (SSSR count). The number of H-pyrrole nitrogens is 1. The molecule has 1 saturated heterocycles. The maximum atomic E-state index is 13.0. The quantitative estimate of drug-likeness (QED) is 0.882. The van der Waals surface area contributed by atoms with E-state index in [1.807, 2.05) is 12.1 Å². The molecule has 1 aromatic heterocycles. The van der Waals surface area contributed by atoms with Crippen LogP contribution < -0.4 is 0 Å². The molecule has 2 aliphatic heterocycles. The second-order valence-electron chi connectivity index (χ2n) is 6.79. The summed E-state index contributed by atoms with van der Waals surface area (Å²) in [7, 11) is 2.10. The molecule has 0 bridgehead atoms. The first kappa shape index (κ1) is 15.2. The zero-order valence-corrected chi connectivity index (χ0v) is 13.7. The van der Waals surface area contributed by atoms with Crippen LogP contribution in [0.25, 0.3) is 10.9 Å². The Hall–Kier alpha value is -2.34. The van der Waals surface area contributed by atoms with Gasteiger partial charge in [0.15, 0.2) is 0 Å². The summed E-state index contributed by atoms with van der Waals surface area (Å²) in [6.45, 7) is 2.38. The summed E-state index contributed by atoms with van der Waals surface area (Å²) in [5, 5.41) is 10.4. The monoisotopic (exact) mass is 327 g/mol. The van der Waals surface area contributed by atoms with E-state index in [0.717, 1.165) is 36.8 Å². The van der Waals surface area contributed by atoms with E-state index in [1.165, 1.54) is 16.2 Å². The maximum absolute atomic E-state index is 13.0. The van der Waals surface area contributed by atoms with Crippen molar-refractivity contribution in [3.63, 3.8) is 0 Å². The average molecular weight is 327 g/mol. The van der Waals surface area contributed by atoms with Gasteiger partial charge in [-0.2, -0.15) is 0 Å². The summed E-state index contributed by atoms with van der Waals surface area (Å²) in [6.07, 6.45) is 2.21. The van der Waals surface area contributed by atoms with Crippen molar-refractivity contribution in [2.45, 2.75) is 31.8 Å². The van der Waals surface area contributed by atoms with Crippen molar-refractivity contribution in [1.82, 2.24) is 14.8 Å². The van der Waals surface area contributed by atoms with Gasteiger partial charge in [0.2, 0.25) is 0 Å². The van der Waals surface area contributed by atoms with Gasteiger partial charge in [-0.3, -0.25) is 4.79 Å². The molecule has 2 N–H and O–H groups in total. The first-order valence-corrected chi connectivity index (χ1v) is 8.41. The number of para-hydroxylation sites is 1. The van der Waals surface area contributed by atoms with Gasteiger partial charge in [-0.25, -0.2) is 4.79 Å². The number of nitrogens with zero attached hydrogens (tertiary/aromatic N) is 2. The summed E-state index contributed by atoms with van der Waals surface area (Å²) in [4.78, 5) is 31.6. The van der Waals surface area contributed by atoms with E-state index in [-0.39, 0.29) is 5.91 Å². The smallest absolute Gasteiger partial charge is 0.326 e. The molecule has 0 radical (unpaired) electrons. The van der Waals surface area contributed by atoms with Gasteiger partial charge in [0.1, 0.15) is 6.04 Å². The number of carboxylic acid groups (broad SMARTS) is 1. The van der Waals surface area contributed by atoms with E-state index >= 15 is 0 Å². The van der Waals surface area contributed by atoms with E-state index < -0.39 is 12.0 Å². The first-order valence-electron chi connectivity index (χ1n) is 8.41. The van der Waals surface area contributed by atoms with Crippen molar-refractivity contribution in [3.05, 3.63) is 35.0 Å². The Balaban J connectivity index is 1.77. The number of amides is 1. The minimum Gasteiger partial charge on any atom is -0.480 e. The summed E-state index contributed by atoms with van der Waals surface area (Å²) in [5.41, 5.74) is 3.88. The molecule has 24 heavy (non-hydrogen) atoms. The second-order valence-corrected chi connectivity index (χ2v) is 6.79. The third kappa shape index (κ3) is 2.29. The number of carbonyl (C=O) groups excluding carboxylic acids is 1. The number of carboxylic acids is 1. The normalized spacial score (nSPS) is 21.2. The number of aromatic nitrogens is 1. The molecule has 1 atom stereocenters. The van der Waals surface area contributed by atoms with Gasteiger partial charge in [-0.1, -0.05) is 12.1 Å². The van der Waals surface area contributed by atoms with E-state index in [1.54, 1.807) is 6.07 Å². The van der Waals surface area contributed by atoms with E-state index in [0.29, 0.717) is 18.5 Å². The van der Waals surface area contributed by atoms with Gasteiger partial charge in [0.05, 0.1) is 11.1 Å². The minimum absolute atomic E-state index is 0.183. The number of nitrogens with one attached hydrogen (secondary N) is 1. The Labute approximate surface area is 140 Å². The fourth-order valence-corrected chi connectivity index (χ4v) is 3.97. The van der Waals surface area contributed by atoms with Gasteiger partial charge in [-0.15, -0.1) is 0 Å². The molecule has 0 spiro atoms. The largest absolute Gasteiger partial charge is 0.480 e. The van der Waals surface area contributed by atoms with Crippen LogP contribution >= 0.6 is 0 Å². The van der Waals surface area contributed by atoms with Crippen molar-refractivity contribution < 1.29 is 14.7 Å². The Morgan fingerprint density at radius 3 is 2.92 bits per heavy atom. The number of hydrogen-bond acceptors (Lipinski definition) is 3. The van der Waals surface area contributed by atoms with Gasteiger partial charge in [0, 0.05) is 37.1 Å². The fourth-order valence-electron chi connectivity index (χ4n) is 3.97. The number of likely N-dealkylation sites (tertiary alicyclic amines) is 1. The molecule has 2 aromatic rings. The van der Waals surface area contributed by atoms with E-state index in [9.17, 15) is 14.7 Å². The second kappa shape index (κ2) is 5.63. The summed E-state index contributed by atoms with van der Waals surface area (Å²) in [6, 6.07) is 5.03. The lowest BCUT2D eigenvalue weighted by Gasteiger charge is -2.22. The van der Waals surface area contributed by atoms with Gasteiger partial charge >= 0.3 is 5.97 Å². The lowest BCUT2D eigenvalue weighted by Crippen LogP contribution is -2.40. The Kier molecular flexibility index (Phi) is 3.57. The number of carbonyl (C=O) groups is 2. The zero-order valence-electron chi connectivity index (χ0n) is 13.7. The Bertz CT molecular complexity index is 826. The highest BCUT2D eigenvalue weighted by atomic mass is 16.4. The topological polar surface area (TPSA) is 76.6 Å². The van der Waals surface area contributed by atoms with Crippen LogP contribution in [0.3, 0.4) is 0 Å². The van der Waals surface area contributed by atoms with Crippen LogP contribution in [-0.4, -0.2) is 57.9 Å². The molecule has 0 saturated carbocycles. The van der Waals surface area contributed by atoms with Gasteiger partial charge in [0.25, 0.3) is 5.91 Å². The van der Waals surface area contributed by atoms with Gasteiger partial charge < -0.3 is 19.9 Å². The van der Waals surface area contributed by atoms with Crippen molar-refractivity contribution in [2.24, 2.45) is 0 Å². The molecule has 6 heteroatoms. The van der Waals surface area contributed by atoms with Crippen LogP contribution in [0.4, 0.5) is 0 Å². The Morgan fingerprint density at radius 2 is 2.12 bits per heavy atom. The third-order valence-electron chi connectivity index (χ3n) is 5.23. The number of benzene rings is 1. The van der Waals surface area contributed by atoms with Crippen LogP contribution in [0, 0.1) is 0 Å². The number of aromatic amines is 1. The summed E-state index contributed by atoms with van der Waals surface area (Å²) in [5.74, 6) is -1.10. The van der Waals surface area contributed by atoms with Crippen LogP contribution in [0.5, 0.6) is 0 Å². The molecule has 6 nitrogen and oxygen atoms in total. The molecule has 126 valence electrons. The lowest BCUT2D eigenvalue weighted by molar-refractivity contribution is -0.141. The summed E-state index contributed by atoms with van der Waals surface area (Å²) >= 11 is 0. The Morgan fingerprint density at radius 1 is 1.29 bits per heavy atom. The predicted molar refractivity (Wildman–Crippen MR) is 90.0 cm³/mol. The number of aliphatic carboxylic acids is 1. The molecule has 2 aliphatic rings. The number of fused-ring (bicyclic) bond motifs is 3. The van der Waals surface area contributed by atoms with Crippen molar-refractivity contribution in [3.8, 4) is 0 Å². The molecule has 1 amide bonds. The highest BCUT2D eigenvalue weighted by Gasteiger charge is 2.35. The standard InChI is InChI=1S/C18H21N3O3/c1-20-9-7-14-13(10-20)11-4-2-5-12(16(11)19-14)17(22)21-8-3-6-15(21)18(23)24/h2,4-5,15,19H,3,6-10H2,1H3,(H,23,24). The van der Waals surface area contributed by atoms with Crippen LogP contribution in [-0.2, 0) is 17.8 Å². The van der Waals surface area contributed by atoms with E-state index in [4.69, 9.17) is 0 Å². The predicted octanol–water partition coefficient (Wildman–Crippen LogP) is 1.84. The van der Waals surface area contributed by atoms with E-state index in [2.05, 4.69) is 16.9 Å². The molecule has 0 aliphatic carbocycles. The van der Waals surface area contributed by atoms with Crippen LogP contribution in [0.1, 0.15) is 34.5 Å². The van der Waals surface area contributed by atoms with Crippen molar-refractivity contribution >= 4 is 22.8 Å². The molecular formula is C18H21N3O3. The SMILES string of the molecule is CN1CCc2[nH]c3c(C(=O)N4CCCC4C(=O)O)cccc3c2C1. The first-order chi connectivity index (χ1) is 11.6. The number of likely N-dealkylation sites (N-methyl/N-ethyl adjacent to an activating group) is 1. The average Bonchev–Trinajstić information content (AvgIpc) is 3.18. The van der Waals surface area contributed by atoms with Crippen molar-refractivity contribution in [2.75, 3.05) is 20.1 Å². The minimum atomic E-state index is -0.916.